The number of terminal acetylenes is 1. The van der Waals surface area contributed by atoms with Crippen LogP contribution in [-0.2, 0) is 10.3 Å². The van der Waals surface area contributed by atoms with Crippen molar-refractivity contribution in [2.45, 2.75) is 57.4 Å². The Morgan fingerprint density at radius 2 is 2.05 bits per heavy atom. The van der Waals surface area contributed by atoms with Gasteiger partial charge in [-0.1, -0.05) is 66.9 Å². The molecular formula is C20H27BrO. The van der Waals surface area contributed by atoms with E-state index in [1.807, 2.05) is 0 Å². The molecule has 120 valence electrons. The number of aryl methyl sites for hydroxylation is 1. The van der Waals surface area contributed by atoms with Gasteiger partial charge in [-0.3, -0.25) is 0 Å². The lowest BCUT2D eigenvalue weighted by atomic mass is 9.66. The molecule has 1 aliphatic carbocycles. The second-order valence-electron chi connectivity index (χ2n) is 7.50. The highest BCUT2D eigenvalue weighted by molar-refractivity contribution is 9.09. The van der Waals surface area contributed by atoms with E-state index in [1.54, 1.807) is 0 Å². The fourth-order valence-electron chi connectivity index (χ4n) is 3.65. The van der Waals surface area contributed by atoms with E-state index in [1.165, 1.54) is 17.5 Å². The van der Waals surface area contributed by atoms with Gasteiger partial charge in [-0.2, -0.15) is 0 Å². The van der Waals surface area contributed by atoms with Crippen LogP contribution in [0.15, 0.2) is 24.3 Å². The fourth-order valence-corrected chi connectivity index (χ4v) is 4.71. The molecule has 1 nitrogen and oxygen atoms in total. The van der Waals surface area contributed by atoms with Crippen LogP contribution in [0.2, 0.25) is 0 Å². The van der Waals surface area contributed by atoms with E-state index in [-0.39, 0.29) is 10.4 Å². The molecule has 1 aromatic rings. The van der Waals surface area contributed by atoms with Crippen LogP contribution < -0.4 is 0 Å². The normalized spacial score (nSPS) is 29.1. The van der Waals surface area contributed by atoms with Crippen molar-refractivity contribution in [3.63, 3.8) is 0 Å². The highest BCUT2D eigenvalue weighted by Crippen LogP contribution is 2.50. The molecule has 22 heavy (non-hydrogen) atoms. The molecule has 0 unspecified atom stereocenters. The van der Waals surface area contributed by atoms with Crippen molar-refractivity contribution < 1.29 is 4.74 Å². The van der Waals surface area contributed by atoms with Crippen LogP contribution in [-0.4, -0.2) is 11.4 Å². The van der Waals surface area contributed by atoms with Crippen LogP contribution in [0.4, 0.5) is 0 Å². The molecule has 1 aliphatic rings. The predicted octanol–water partition coefficient (Wildman–Crippen LogP) is 5.45. The Labute approximate surface area is 144 Å². The van der Waals surface area contributed by atoms with Gasteiger partial charge in [-0.05, 0) is 48.6 Å². The van der Waals surface area contributed by atoms with Crippen molar-refractivity contribution in [3.8, 4) is 12.3 Å². The minimum absolute atomic E-state index is 0.285. The zero-order chi connectivity index (χ0) is 16.4. The van der Waals surface area contributed by atoms with Crippen molar-refractivity contribution >= 4 is 15.9 Å². The number of benzene rings is 1. The molecule has 0 heterocycles. The molecule has 3 atom stereocenters. The van der Waals surface area contributed by atoms with Gasteiger partial charge >= 0.3 is 0 Å². The minimum atomic E-state index is -0.306. The molecule has 0 aliphatic heterocycles. The summed E-state index contributed by atoms with van der Waals surface area (Å²) in [6.45, 7) is 9.52. The van der Waals surface area contributed by atoms with E-state index in [0.717, 1.165) is 12.8 Å². The monoisotopic (exact) mass is 362 g/mol. The van der Waals surface area contributed by atoms with E-state index < -0.39 is 0 Å². The van der Waals surface area contributed by atoms with E-state index in [2.05, 4.69) is 73.8 Å². The first-order valence-electron chi connectivity index (χ1n) is 8.09. The molecule has 0 N–H and O–H groups in total. The molecule has 0 aromatic heterocycles. The second-order valence-corrected chi connectivity index (χ2v) is 8.61. The Balaban J connectivity index is 2.36. The third kappa shape index (κ3) is 3.42. The number of halogens is 1. The third-order valence-corrected chi connectivity index (χ3v) is 6.21. The Bertz CT molecular complexity index is 552. The molecule has 0 saturated heterocycles. The van der Waals surface area contributed by atoms with Crippen LogP contribution in [0.3, 0.4) is 0 Å². The summed E-state index contributed by atoms with van der Waals surface area (Å²) in [7, 11) is 0. The molecule has 1 saturated carbocycles. The number of hydrogen-bond acceptors (Lipinski definition) is 1. The van der Waals surface area contributed by atoms with Gasteiger partial charge in [0.05, 0.1) is 0 Å². The van der Waals surface area contributed by atoms with Gasteiger partial charge < -0.3 is 4.74 Å². The van der Waals surface area contributed by atoms with E-state index in [4.69, 9.17) is 11.2 Å². The molecule has 1 fully saturated rings. The van der Waals surface area contributed by atoms with Crippen LogP contribution in [0, 0.1) is 30.6 Å². The lowest BCUT2D eigenvalue weighted by molar-refractivity contribution is -0.0721. The maximum Gasteiger partial charge on any atom is 0.108 e. The summed E-state index contributed by atoms with van der Waals surface area (Å²) in [5.74, 6) is 3.35. The van der Waals surface area contributed by atoms with Crippen LogP contribution in [0.1, 0.15) is 51.2 Å². The molecule has 0 spiro atoms. The van der Waals surface area contributed by atoms with Gasteiger partial charge in [-0.25, -0.2) is 0 Å². The summed E-state index contributed by atoms with van der Waals surface area (Å²) < 4.78 is 6.28. The van der Waals surface area contributed by atoms with Crippen LogP contribution in [0.5, 0.6) is 0 Å². The van der Waals surface area contributed by atoms with E-state index in [9.17, 15) is 0 Å². The first kappa shape index (κ1) is 17.6. The van der Waals surface area contributed by atoms with Gasteiger partial charge in [0.25, 0.3) is 0 Å². The standard InChI is InChI=1S/C20H27BrO/c1-6-13-22-20(17-10-8-7-9-15(17)2)12-11-16(14-18(20)21)19(3,4)5/h1,7-10,16,18H,11-14H2,2-5H3/t16-,18+,20-/m1/s1. The Morgan fingerprint density at radius 1 is 1.36 bits per heavy atom. The smallest absolute Gasteiger partial charge is 0.108 e. The lowest BCUT2D eigenvalue weighted by Crippen LogP contribution is -2.46. The Morgan fingerprint density at radius 3 is 2.59 bits per heavy atom. The van der Waals surface area contributed by atoms with Gasteiger partial charge in [0, 0.05) is 4.83 Å². The van der Waals surface area contributed by atoms with Crippen molar-refractivity contribution in [2.75, 3.05) is 6.61 Å². The maximum atomic E-state index is 6.28. The SMILES string of the molecule is C#CCO[C@@]1(c2ccccc2C)CC[C@@H](C(C)(C)C)C[C@@H]1Br. The number of alkyl halides is 1. The lowest BCUT2D eigenvalue weighted by Gasteiger charge is -2.47. The summed E-state index contributed by atoms with van der Waals surface area (Å²) in [5, 5.41) is 0. The molecule has 1 aromatic carbocycles. The van der Waals surface area contributed by atoms with Gasteiger partial charge in [0.15, 0.2) is 0 Å². The zero-order valence-electron chi connectivity index (χ0n) is 14.2. The topological polar surface area (TPSA) is 9.23 Å². The Hall–Kier alpha value is -0.780. The molecule has 2 rings (SSSR count). The summed E-state index contributed by atoms with van der Waals surface area (Å²) in [6, 6.07) is 8.53. The average molecular weight is 363 g/mol. The van der Waals surface area contributed by atoms with Crippen molar-refractivity contribution in [1.82, 2.24) is 0 Å². The number of ether oxygens (including phenoxy) is 1. The molecule has 0 amide bonds. The minimum Gasteiger partial charge on any atom is -0.356 e. The first-order valence-corrected chi connectivity index (χ1v) is 9.00. The van der Waals surface area contributed by atoms with E-state index >= 15 is 0 Å². The van der Waals surface area contributed by atoms with Crippen molar-refractivity contribution in [3.05, 3.63) is 35.4 Å². The largest absolute Gasteiger partial charge is 0.356 e. The summed E-state index contributed by atoms with van der Waals surface area (Å²) >= 11 is 3.95. The van der Waals surface area contributed by atoms with E-state index in [0.29, 0.717) is 17.9 Å². The maximum absolute atomic E-state index is 6.28. The number of rotatable bonds is 3. The second kappa shape index (κ2) is 6.77. The summed E-state index contributed by atoms with van der Waals surface area (Å²) in [4.78, 5) is 0.285. The fraction of sp³-hybridized carbons (Fsp3) is 0.600. The molecular weight excluding hydrogens is 336 g/mol. The first-order chi connectivity index (χ1) is 10.3. The Kier molecular flexibility index (Phi) is 5.41. The zero-order valence-corrected chi connectivity index (χ0v) is 15.7. The van der Waals surface area contributed by atoms with Crippen LogP contribution in [0.25, 0.3) is 0 Å². The quantitative estimate of drug-likeness (QED) is 0.513. The highest BCUT2D eigenvalue weighted by atomic mass is 79.9. The van der Waals surface area contributed by atoms with Gasteiger partial charge in [0.1, 0.15) is 12.2 Å². The molecule has 0 radical (unpaired) electrons. The molecule has 0 bridgehead atoms. The molecule has 2 heteroatoms. The van der Waals surface area contributed by atoms with Gasteiger partial charge in [0.2, 0.25) is 0 Å². The number of hydrogen-bond donors (Lipinski definition) is 0. The average Bonchev–Trinajstić information content (AvgIpc) is 2.46. The van der Waals surface area contributed by atoms with Gasteiger partial charge in [-0.15, -0.1) is 6.42 Å². The van der Waals surface area contributed by atoms with Crippen molar-refractivity contribution in [1.29, 1.82) is 0 Å². The predicted molar refractivity (Wildman–Crippen MR) is 97.2 cm³/mol. The van der Waals surface area contributed by atoms with Crippen molar-refractivity contribution in [2.24, 2.45) is 11.3 Å². The summed E-state index contributed by atoms with van der Waals surface area (Å²) in [6.07, 6.45) is 8.77. The third-order valence-electron chi connectivity index (χ3n) is 5.10. The highest BCUT2D eigenvalue weighted by Gasteiger charge is 2.47. The summed E-state index contributed by atoms with van der Waals surface area (Å²) in [5.41, 5.74) is 2.58. The van der Waals surface area contributed by atoms with Crippen LogP contribution >= 0.6 is 15.9 Å².